The molecule has 1 aromatic rings. The van der Waals surface area contributed by atoms with Gasteiger partial charge in [-0.25, -0.2) is 0 Å². The highest BCUT2D eigenvalue weighted by atomic mass is 16.5. The molecular formula is C13H21N3O4. The summed E-state index contributed by atoms with van der Waals surface area (Å²) >= 11 is 0. The summed E-state index contributed by atoms with van der Waals surface area (Å²) in [5.74, 6) is 1.38. The Kier molecular flexibility index (Phi) is 5.49. The van der Waals surface area contributed by atoms with Gasteiger partial charge >= 0.3 is 0 Å². The van der Waals surface area contributed by atoms with E-state index in [1.807, 2.05) is 6.92 Å². The molecule has 1 unspecified atom stereocenters. The van der Waals surface area contributed by atoms with Crippen LogP contribution in [0.4, 0.5) is 0 Å². The topological polar surface area (TPSA) is 77.7 Å². The van der Waals surface area contributed by atoms with E-state index in [1.165, 1.54) is 0 Å². The molecule has 112 valence electrons. The van der Waals surface area contributed by atoms with E-state index in [0.717, 1.165) is 13.0 Å². The van der Waals surface area contributed by atoms with Crippen LogP contribution in [0.2, 0.25) is 0 Å². The lowest BCUT2D eigenvalue weighted by Gasteiger charge is -2.20. The molecule has 1 atom stereocenters. The average Bonchev–Trinajstić information content (AvgIpc) is 3.08. The number of hydrogen-bond acceptors (Lipinski definition) is 6. The van der Waals surface area contributed by atoms with Crippen molar-refractivity contribution in [2.75, 3.05) is 26.9 Å². The predicted molar refractivity (Wildman–Crippen MR) is 69.6 cm³/mol. The lowest BCUT2D eigenvalue weighted by atomic mass is 10.0. The average molecular weight is 283 g/mol. The van der Waals surface area contributed by atoms with E-state index in [1.54, 1.807) is 12.0 Å². The maximum Gasteiger partial charge on any atom is 0.246 e. The molecule has 1 aromatic heterocycles. The van der Waals surface area contributed by atoms with Crippen molar-refractivity contribution in [1.82, 2.24) is 15.0 Å². The molecule has 0 saturated carbocycles. The summed E-state index contributed by atoms with van der Waals surface area (Å²) < 4.78 is 15.3. The minimum atomic E-state index is 0.106. The van der Waals surface area contributed by atoms with E-state index < -0.39 is 0 Å². The molecule has 1 aliphatic rings. The standard InChI is InChI=1S/C13H21N3O4/c1-3-16(13(17)6-10-4-5-19-8-10)7-12-14-11(9-18-2)15-20-12/h10H,3-9H2,1-2H3. The molecule has 1 fully saturated rings. The smallest absolute Gasteiger partial charge is 0.246 e. The summed E-state index contributed by atoms with van der Waals surface area (Å²) in [5.41, 5.74) is 0. The highest BCUT2D eigenvalue weighted by Crippen LogP contribution is 2.18. The van der Waals surface area contributed by atoms with Gasteiger partial charge in [0.05, 0.1) is 6.54 Å². The lowest BCUT2D eigenvalue weighted by molar-refractivity contribution is -0.133. The minimum absolute atomic E-state index is 0.106. The third kappa shape index (κ3) is 4.01. The largest absolute Gasteiger partial charge is 0.381 e. The number of hydrogen-bond donors (Lipinski definition) is 0. The highest BCUT2D eigenvalue weighted by molar-refractivity contribution is 5.76. The predicted octanol–water partition coefficient (Wildman–Crippen LogP) is 0.991. The first-order valence-corrected chi connectivity index (χ1v) is 6.88. The number of ether oxygens (including phenoxy) is 2. The van der Waals surface area contributed by atoms with Crippen LogP contribution >= 0.6 is 0 Å². The zero-order chi connectivity index (χ0) is 14.4. The molecule has 20 heavy (non-hydrogen) atoms. The van der Waals surface area contributed by atoms with Crippen LogP contribution < -0.4 is 0 Å². The molecule has 2 rings (SSSR count). The summed E-state index contributed by atoms with van der Waals surface area (Å²) in [6, 6.07) is 0. The zero-order valence-electron chi connectivity index (χ0n) is 12.0. The SMILES string of the molecule is CCN(Cc1nc(COC)no1)C(=O)CC1CCOC1. The van der Waals surface area contributed by atoms with Crippen molar-refractivity contribution in [3.05, 3.63) is 11.7 Å². The maximum atomic E-state index is 12.2. The van der Waals surface area contributed by atoms with E-state index in [0.29, 0.717) is 50.4 Å². The lowest BCUT2D eigenvalue weighted by Crippen LogP contribution is -2.32. The molecule has 1 aliphatic heterocycles. The fourth-order valence-electron chi connectivity index (χ4n) is 2.20. The number of amides is 1. The van der Waals surface area contributed by atoms with Gasteiger partial charge in [-0.1, -0.05) is 5.16 Å². The Morgan fingerprint density at radius 1 is 1.55 bits per heavy atom. The normalized spacial score (nSPS) is 18.4. The van der Waals surface area contributed by atoms with Gasteiger partial charge in [-0.3, -0.25) is 4.79 Å². The van der Waals surface area contributed by atoms with Gasteiger partial charge in [0.1, 0.15) is 6.61 Å². The van der Waals surface area contributed by atoms with E-state index in [4.69, 9.17) is 14.0 Å². The summed E-state index contributed by atoms with van der Waals surface area (Å²) in [7, 11) is 1.57. The first-order chi connectivity index (χ1) is 9.72. The van der Waals surface area contributed by atoms with Gasteiger partial charge in [0.2, 0.25) is 11.8 Å². The molecule has 0 N–H and O–H groups in total. The number of methoxy groups -OCH3 is 1. The number of rotatable bonds is 7. The molecular weight excluding hydrogens is 262 g/mol. The Balaban J connectivity index is 1.87. The number of carbonyl (C=O) groups excluding carboxylic acids is 1. The van der Waals surface area contributed by atoms with E-state index in [-0.39, 0.29) is 5.91 Å². The van der Waals surface area contributed by atoms with Crippen molar-refractivity contribution in [2.45, 2.75) is 32.9 Å². The van der Waals surface area contributed by atoms with Crippen LogP contribution in [-0.2, 0) is 27.4 Å². The fourth-order valence-corrected chi connectivity index (χ4v) is 2.20. The monoisotopic (exact) mass is 283 g/mol. The second kappa shape index (κ2) is 7.35. The molecule has 2 heterocycles. The van der Waals surface area contributed by atoms with Gasteiger partial charge in [-0.15, -0.1) is 0 Å². The van der Waals surface area contributed by atoms with Gasteiger partial charge in [-0.2, -0.15) is 4.98 Å². The first kappa shape index (κ1) is 14.9. The van der Waals surface area contributed by atoms with Crippen LogP contribution in [0.3, 0.4) is 0 Å². The summed E-state index contributed by atoms with van der Waals surface area (Å²) in [6.07, 6.45) is 1.48. The van der Waals surface area contributed by atoms with Gasteiger partial charge < -0.3 is 18.9 Å². The van der Waals surface area contributed by atoms with E-state index in [9.17, 15) is 4.79 Å². The van der Waals surface area contributed by atoms with E-state index >= 15 is 0 Å². The van der Waals surface area contributed by atoms with Gasteiger partial charge in [0.15, 0.2) is 5.82 Å². The zero-order valence-corrected chi connectivity index (χ0v) is 12.0. The van der Waals surface area contributed by atoms with Crippen molar-refractivity contribution in [2.24, 2.45) is 5.92 Å². The van der Waals surface area contributed by atoms with E-state index in [2.05, 4.69) is 10.1 Å². The third-order valence-corrected chi connectivity index (χ3v) is 3.33. The van der Waals surface area contributed by atoms with Crippen molar-refractivity contribution in [3.63, 3.8) is 0 Å². The third-order valence-electron chi connectivity index (χ3n) is 3.33. The van der Waals surface area contributed by atoms with Crippen molar-refractivity contribution in [3.8, 4) is 0 Å². The minimum Gasteiger partial charge on any atom is -0.381 e. The molecule has 0 spiro atoms. The molecule has 7 nitrogen and oxygen atoms in total. The second-order valence-electron chi connectivity index (χ2n) is 4.88. The van der Waals surface area contributed by atoms with Crippen LogP contribution in [-0.4, -0.2) is 47.8 Å². The van der Waals surface area contributed by atoms with Crippen molar-refractivity contribution >= 4 is 5.91 Å². The summed E-state index contributed by atoms with van der Waals surface area (Å²) in [6.45, 7) is 4.66. The Morgan fingerprint density at radius 2 is 2.40 bits per heavy atom. The van der Waals surface area contributed by atoms with Gasteiger partial charge in [0.25, 0.3) is 0 Å². The Bertz CT molecular complexity index is 429. The fraction of sp³-hybridized carbons (Fsp3) is 0.769. The first-order valence-electron chi connectivity index (χ1n) is 6.88. The Labute approximate surface area is 118 Å². The van der Waals surface area contributed by atoms with Crippen LogP contribution in [0, 0.1) is 5.92 Å². The van der Waals surface area contributed by atoms with Gasteiger partial charge in [0, 0.05) is 33.3 Å². The Morgan fingerprint density at radius 3 is 3.05 bits per heavy atom. The van der Waals surface area contributed by atoms with Gasteiger partial charge in [-0.05, 0) is 19.3 Å². The van der Waals surface area contributed by atoms with Crippen LogP contribution in [0.1, 0.15) is 31.5 Å². The van der Waals surface area contributed by atoms with Crippen LogP contribution in [0.15, 0.2) is 4.52 Å². The molecule has 0 aliphatic carbocycles. The molecule has 0 radical (unpaired) electrons. The molecule has 0 aromatic carbocycles. The quantitative estimate of drug-likeness (QED) is 0.742. The Hall–Kier alpha value is -1.47. The molecule has 1 amide bonds. The van der Waals surface area contributed by atoms with Crippen LogP contribution in [0.25, 0.3) is 0 Å². The molecule has 7 heteroatoms. The van der Waals surface area contributed by atoms with Crippen molar-refractivity contribution < 1.29 is 18.8 Å². The molecule has 1 saturated heterocycles. The second-order valence-corrected chi connectivity index (χ2v) is 4.88. The van der Waals surface area contributed by atoms with Crippen LogP contribution in [0.5, 0.6) is 0 Å². The summed E-state index contributed by atoms with van der Waals surface area (Å²) in [5, 5.41) is 3.79. The number of nitrogens with zero attached hydrogens (tertiary/aromatic N) is 3. The maximum absolute atomic E-state index is 12.2. The van der Waals surface area contributed by atoms with Crippen molar-refractivity contribution in [1.29, 1.82) is 0 Å². The summed E-state index contributed by atoms with van der Waals surface area (Å²) in [4.78, 5) is 18.1. The highest BCUT2D eigenvalue weighted by Gasteiger charge is 2.23. The molecule has 0 bridgehead atoms. The number of carbonyl (C=O) groups is 1. The number of aromatic nitrogens is 2.